The van der Waals surface area contributed by atoms with Crippen molar-refractivity contribution in [2.75, 3.05) is 12.5 Å². The fourth-order valence-electron chi connectivity index (χ4n) is 4.99. The van der Waals surface area contributed by atoms with E-state index in [0.29, 0.717) is 12.8 Å². The second kappa shape index (κ2) is 13.3. The van der Waals surface area contributed by atoms with Gasteiger partial charge in [-0.25, -0.2) is 16.8 Å². The number of carboxylic acid groups (broad SMARTS) is 2. The van der Waals surface area contributed by atoms with Crippen LogP contribution in [0.5, 0.6) is 0 Å². The molecule has 2 heterocycles. The van der Waals surface area contributed by atoms with E-state index in [1.54, 1.807) is 48.5 Å². The molecule has 238 valence electrons. The summed E-state index contributed by atoms with van der Waals surface area (Å²) in [7, 11) is -6.68. The summed E-state index contributed by atoms with van der Waals surface area (Å²) in [6.07, 6.45) is 2.90. The maximum absolute atomic E-state index is 11.9. The van der Waals surface area contributed by atoms with Crippen LogP contribution in [0.2, 0.25) is 0 Å². The Hall–Kier alpha value is -4.10. The van der Waals surface area contributed by atoms with Gasteiger partial charge >= 0.3 is 11.9 Å². The van der Waals surface area contributed by atoms with Crippen LogP contribution in [0.1, 0.15) is 24.0 Å². The first-order valence-corrected chi connectivity index (χ1v) is 19.5. The van der Waals surface area contributed by atoms with Gasteiger partial charge < -0.3 is 10.2 Å². The Morgan fingerprint density at radius 2 is 0.848 bits per heavy atom. The molecule has 0 bridgehead atoms. The molecule has 0 amide bonds. The highest BCUT2D eigenvalue weighted by atomic mass is 32.2. The first kappa shape index (κ1) is 33.3. The Morgan fingerprint density at radius 3 is 1.13 bits per heavy atom. The van der Waals surface area contributed by atoms with Crippen molar-refractivity contribution < 1.29 is 36.6 Å². The van der Waals surface area contributed by atoms with Crippen LogP contribution >= 0.6 is 22.7 Å². The molecule has 5 rings (SSSR count). The molecule has 0 fully saturated rings. The maximum Gasteiger partial charge on any atom is 0.303 e. The lowest BCUT2D eigenvalue weighted by Crippen LogP contribution is -1.97. The number of hydrogen-bond donors (Lipinski definition) is 2. The average molecular weight is 695 g/mol. The lowest BCUT2D eigenvalue weighted by atomic mass is 10.0. The Balaban J connectivity index is 1.50. The largest absolute Gasteiger partial charge is 0.481 e. The van der Waals surface area contributed by atoms with Crippen molar-refractivity contribution in [3.05, 3.63) is 96.1 Å². The average Bonchev–Trinajstić information content (AvgIpc) is 3.63. The standard InChI is InChI=1S/C34H30O8S4/c1-45(39,40)27-13-7-21(8-14-27)29-19-25(11-17-31(35)36)33(43-29)23-3-5-24(6-4-23)34-26(12-18-32(37)38)20-30(44-34)22-9-15-28(16-10-22)46(2,41)42/h3-10,13-16,19-20H,11-12,17-18H2,1-2H3,(H,35,36)(H,37,38). The molecule has 0 unspecified atom stereocenters. The van der Waals surface area contributed by atoms with E-state index in [1.165, 1.54) is 22.7 Å². The molecule has 12 heteroatoms. The summed E-state index contributed by atoms with van der Waals surface area (Å²) in [6.45, 7) is 0. The quantitative estimate of drug-likeness (QED) is 0.138. The van der Waals surface area contributed by atoms with E-state index in [-0.39, 0.29) is 22.6 Å². The summed E-state index contributed by atoms with van der Waals surface area (Å²) in [6, 6.07) is 25.0. The summed E-state index contributed by atoms with van der Waals surface area (Å²) in [4.78, 5) is 26.9. The first-order chi connectivity index (χ1) is 21.7. The van der Waals surface area contributed by atoms with Gasteiger partial charge in [-0.2, -0.15) is 0 Å². The third-order valence-corrected chi connectivity index (χ3v) is 12.2. The highest BCUT2D eigenvalue weighted by Gasteiger charge is 2.18. The summed E-state index contributed by atoms with van der Waals surface area (Å²) in [5.41, 5.74) is 5.20. The summed E-state index contributed by atoms with van der Waals surface area (Å²) in [5, 5.41) is 18.7. The maximum atomic E-state index is 11.9. The molecule has 0 aliphatic carbocycles. The summed E-state index contributed by atoms with van der Waals surface area (Å²) in [5.74, 6) is -1.81. The molecule has 2 N–H and O–H groups in total. The Morgan fingerprint density at radius 1 is 0.543 bits per heavy atom. The number of thiophene rings is 2. The zero-order valence-electron chi connectivity index (χ0n) is 24.9. The Labute approximate surface area is 275 Å². The Bertz CT molecular complexity index is 1970. The number of aryl methyl sites for hydroxylation is 2. The fraction of sp³-hybridized carbons (Fsp3) is 0.176. The van der Waals surface area contributed by atoms with Crippen LogP contribution in [0.3, 0.4) is 0 Å². The lowest BCUT2D eigenvalue weighted by molar-refractivity contribution is -0.138. The SMILES string of the molecule is CS(=O)(=O)c1ccc(-c2cc(CCC(=O)O)c(-c3ccc(-c4sc(-c5ccc(S(C)(=O)=O)cc5)cc4CCC(=O)O)cc3)s2)cc1. The van der Waals surface area contributed by atoms with Crippen LogP contribution in [0, 0.1) is 0 Å². The van der Waals surface area contributed by atoms with Crippen LogP contribution in [0.15, 0.2) is 94.7 Å². The van der Waals surface area contributed by atoms with Crippen molar-refractivity contribution in [1.82, 2.24) is 0 Å². The van der Waals surface area contributed by atoms with Gasteiger partial charge in [-0.1, -0.05) is 48.5 Å². The number of carbonyl (C=O) groups is 2. The van der Waals surface area contributed by atoms with E-state index in [0.717, 1.165) is 65.4 Å². The topological polar surface area (TPSA) is 143 Å². The second-order valence-electron chi connectivity index (χ2n) is 10.9. The monoisotopic (exact) mass is 694 g/mol. The van der Waals surface area contributed by atoms with Gasteiger partial charge in [0.15, 0.2) is 19.7 Å². The molecule has 8 nitrogen and oxygen atoms in total. The third kappa shape index (κ3) is 7.81. The van der Waals surface area contributed by atoms with Gasteiger partial charge in [0, 0.05) is 44.9 Å². The number of benzene rings is 3. The van der Waals surface area contributed by atoms with Gasteiger partial charge in [-0.05, 0) is 82.6 Å². The molecule has 0 saturated heterocycles. The van der Waals surface area contributed by atoms with E-state index in [4.69, 9.17) is 0 Å². The number of sulfone groups is 2. The van der Waals surface area contributed by atoms with Crippen molar-refractivity contribution in [1.29, 1.82) is 0 Å². The smallest absolute Gasteiger partial charge is 0.303 e. The van der Waals surface area contributed by atoms with E-state index >= 15 is 0 Å². The number of aliphatic carboxylic acids is 2. The number of carboxylic acids is 2. The predicted octanol–water partition coefficient (Wildman–Crippen LogP) is 7.32. The molecule has 0 atom stereocenters. The van der Waals surface area contributed by atoms with Crippen LogP contribution in [-0.4, -0.2) is 51.5 Å². The molecule has 0 aliphatic heterocycles. The van der Waals surface area contributed by atoms with E-state index in [9.17, 15) is 36.6 Å². The van der Waals surface area contributed by atoms with Gasteiger partial charge in [0.1, 0.15) is 0 Å². The van der Waals surface area contributed by atoms with E-state index < -0.39 is 31.6 Å². The zero-order valence-corrected chi connectivity index (χ0v) is 28.2. The van der Waals surface area contributed by atoms with Crippen molar-refractivity contribution in [3.63, 3.8) is 0 Å². The molecule has 5 aromatic rings. The zero-order chi connectivity index (χ0) is 33.2. The fourth-order valence-corrected chi connectivity index (χ4v) is 8.69. The van der Waals surface area contributed by atoms with Crippen molar-refractivity contribution in [3.8, 4) is 41.8 Å². The molecule has 0 aliphatic rings. The van der Waals surface area contributed by atoms with Gasteiger partial charge in [0.25, 0.3) is 0 Å². The Kier molecular flexibility index (Phi) is 9.64. The summed E-state index contributed by atoms with van der Waals surface area (Å²) < 4.78 is 47.6. The van der Waals surface area contributed by atoms with Crippen LogP contribution in [0.25, 0.3) is 41.8 Å². The minimum atomic E-state index is -3.34. The highest BCUT2D eigenvalue weighted by molar-refractivity contribution is 7.91. The minimum Gasteiger partial charge on any atom is -0.481 e. The number of hydrogen-bond acceptors (Lipinski definition) is 8. The molecule has 0 radical (unpaired) electrons. The van der Waals surface area contributed by atoms with Crippen LogP contribution in [0.4, 0.5) is 0 Å². The highest BCUT2D eigenvalue weighted by Crippen LogP contribution is 2.42. The van der Waals surface area contributed by atoms with Crippen molar-refractivity contribution in [2.24, 2.45) is 0 Å². The third-order valence-electron chi connectivity index (χ3n) is 7.38. The molecule has 2 aromatic heterocycles. The molecule has 3 aromatic carbocycles. The molecule has 0 saturated carbocycles. The van der Waals surface area contributed by atoms with Gasteiger partial charge in [0.2, 0.25) is 0 Å². The van der Waals surface area contributed by atoms with Crippen LogP contribution in [-0.2, 0) is 42.1 Å². The van der Waals surface area contributed by atoms with Crippen molar-refractivity contribution >= 4 is 54.3 Å². The number of rotatable bonds is 12. The lowest BCUT2D eigenvalue weighted by Gasteiger charge is -2.06. The molecule has 0 spiro atoms. The predicted molar refractivity (Wildman–Crippen MR) is 182 cm³/mol. The normalized spacial score (nSPS) is 11.9. The van der Waals surface area contributed by atoms with E-state index in [2.05, 4.69) is 0 Å². The van der Waals surface area contributed by atoms with Gasteiger partial charge in [-0.3, -0.25) is 9.59 Å². The van der Waals surface area contributed by atoms with Gasteiger partial charge in [0.05, 0.1) is 9.79 Å². The second-order valence-corrected chi connectivity index (χ2v) is 17.0. The van der Waals surface area contributed by atoms with E-state index in [1.807, 2.05) is 36.4 Å². The summed E-state index contributed by atoms with van der Waals surface area (Å²) >= 11 is 3.01. The van der Waals surface area contributed by atoms with Gasteiger partial charge in [-0.15, -0.1) is 22.7 Å². The molecular formula is C34H30O8S4. The molecular weight excluding hydrogens is 665 g/mol. The molecule has 46 heavy (non-hydrogen) atoms. The first-order valence-electron chi connectivity index (χ1n) is 14.1. The van der Waals surface area contributed by atoms with Crippen LogP contribution < -0.4 is 0 Å². The van der Waals surface area contributed by atoms with Crippen molar-refractivity contribution in [2.45, 2.75) is 35.5 Å². The minimum absolute atomic E-state index is 0.0374.